The van der Waals surface area contributed by atoms with Crippen molar-refractivity contribution in [1.82, 2.24) is 23.7 Å². The van der Waals surface area contributed by atoms with Crippen LogP contribution in [0, 0.1) is 0 Å². The number of fused-ring (bicyclic) bond motifs is 12. The number of hydrogen-bond acceptors (Lipinski definition) is 3. The van der Waals surface area contributed by atoms with E-state index in [4.69, 9.17) is 9.97 Å². The first-order valence-electron chi connectivity index (χ1n) is 34.0. The van der Waals surface area contributed by atoms with Crippen LogP contribution >= 0.6 is 11.3 Å². The van der Waals surface area contributed by atoms with Crippen molar-refractivity contribution in [3.8, 4) is 22.5 Å². The summed E-state index contributed by atoms with van der Waals surface area (Å²) in [6, 6.07) is 7.09. The molecule has 1 atom stereocenters. The molecule has 0 aliphatic heterocycles. The Kier molecular flexibility index (Phi) is 15.0. The van der Waals surface area contributed by atoms with E-state index in [1.807, 2.05) is 17.7 Å². The molecule has 8 aromatic carbocycles. The average molecular weight is 1180 g/mol. The molecule has 0 saturated heterocycles. The van der Waals surface area contributed by atoms with Gasteiger partial charge in [0.05, 0.1) is 22.0 Å². The monoisotopic (exact) mass is 1180 g/mol. The second-order valence-electron chi connectivity index (χ2n) is 29.3. The predicted octanol–water partition coefficient (Wildman–Crippen LogP) is -35.1. The second kappa shape index (κ2) is 21.7. The van der Waals surface area contributed by atoms with Gasteiger partial charge in [0.2, 0.25) is 0 Å². The number of rotatable bonds is 5. The minimum atomic E-state index is -0.0538. The van der Waals surface area contributed by atoms with E-state index in [9.17, 15) is 0 Å². The Morgan fingerprint density at radius 3 is 1.16 bits per heavy atom. The van der Waals surface area contributed by atoms with Crippen LogP contribution in [0.2, 0.25) is 0 Å². The fourth-order valence-corrected chi connectivity index (χ4v) is 19.6. The minimum Gasteiger partial charge on any atom is -0.332 e. The largest absolute Gasteiger partial charge is 0.332 e. The summed E-state index contributed by atoms with van der Waals surface area (Å²) in [5, 5.41) is 9.49. The maximum Gasteiger partial charge on any atom is 0.142 e. The molecule has 0 fully saturated rings. The molecule has 0 amide bonds. The molecule has 14 rings (SSSR count). The van der Waals surface area contributed by atoms with Crippen molar-refractivity contribution in [3.63, 3.8) is 0 Å². The van der Waals surface area contributed by atoms with E-state index in [1.165, 1.54) is 267 Å². The molecule has 1 unspecified atom stereocenters. The van der Waals surface area contributed by atoms with Crippen molar-refractivity contribution in [2.45, 2.75) is 6.04 Å². The van der Waals surface area contributed by atoms with Crippen LogP contribution in [-0.4, -0.2) is 259 Å². The van der Waals surface area contributed by atoms with Crippen LogP contribution in [0.4, 0.5) is 0 Å². The molecule has 5 aromatic heterocycles. The molecule has 0 bridgehead atoms. The molecular formula is C57H65B30N5S. The fourth-order valence-electron chi connectivity index (χ4n) is 18.4. The Balaban J connectivity index is 1.04. The van der Waals surface area contributed by atoms with Gasteiger partial charge in [-0.05, 0) is 61.8 Å². The lowest BCUT2D eigenvalue weighted by molar-refractivity contribution is 0.769. The lowest BCUT2D eigenvalue weighted by Crippen LogP contribution is -2.56. The van der Waals surface area contributed by atoms with Gasteiger partial charge in [0.1, 0.15) is 242 Å². The number of hydrogen-bond donors (Lipinski definition) is 0. The molecule has 13 aromatic rings. The topological polar surface area (TPSA) is 40.6 Å². The minimum absolute atomic E-state index is 0.0538. The fraction of sp³-hybridized carbons (Fsp3) is 0.0175. The number of benzene rings is 8. The molecule has 36 heteroatoms. The number of thiophene rings is 1. The van der Waals surface area contributed by atoms with Crippen LogP contribution < -0.4 is 147 Å². The summed E-state index contributed by atoms with van der Waals surface area (Å²) in [5.41, 5.74) is 57.5. The molecule has 5 nitrogen and oxygen atoms in total. The molecule has 1 aliphatic rings. The quantitative estimate of drug-likeness (QED) is 0.161. The summed E-state index contributed by atoms with van der Waals surface area (Å²) in [5.74, 6) is 0. The number of allylic oxidation sites excluding steroid dienone is 4. The maximum atomic E-state index is 5.38. The highest BCUT2D eigenvalue weighted by Crippen LogP contribution is 2.47. The molecule has 0 radical (unpaired) electrons. The Morgan fingerprint density at radius 2 is 0.677 bits per heavy atom. The first kappa shape index (κ1) is 64.2. The van der Waals surface area contributed by atoms with Gasteiger partial charge >= 0.3 is 0 Å². The second-order valence-corrected chi connectivity index (χ2v) is 30.4. The highest BCUT2D eigenvalue weighted by molar-refractivity contribution is 7.26. The molecule has 0 saturated carbocycles. The first-order valence-corrected chi connectivity index (χ1v) is 34.8. The molecular weight excluding hydrogens is 1110 g/mol. The Morgan fingerprint density at radius 1 is 0.323 bits per heavy atom. The third-order valence-corrected chi connectivity index (χ3v) is 27.1. The van der Waals surface area contributed by atoms with Gasteiger partial charge in [0, 0.05) is 59.9 Å². The van der Waals surface area contributed by atoms with E-state index in [0.717, 1.165) is 15.9 Å². The van der Waals surface area contributed by atoms with Crippen molar-refractivity contribution in [1.29, 1.82) is 0 Å². The van der Waals surface area contributed by atoms with E-state index in [2.05, 4.69) is 267 Å². The van der Waals surface area contributed by atoms with Crippen LogP contribution in [0.5, 0.6) is 0 Å². The van der Waals surface area contributed by atoms with Gasteiger partial charge in [-0.2, -0.15) is 0 Å². The zero-order valence-corrected chi connectivity index (χ0v) is 62.3. The zero-order chi connectivity index (χ0) is 67.3. The van der Waals surface area contributed by atoms with Crippen molar-refractivity contribution in [2.24, 2.45) is 0 Å². The summed E-state index contributed by atoms with van der Waals surface area (Å²) in [6.07, 6.45) is 1.84. The predicted molar refractivity (Wildman–Crippen MR) is 508 cm³/mol. The summed E-state index contributed by atoms with van der Waals surface area (Å²) in [6.45, 7) is 0. The van der Waals surface area contributed by atoms with Gasteiger partial charge in [0.25, 0.3) is 0 Å². The molecule has 1 aliphatic carbocycles. The molecule has 5 heterocycles. The third-order valence-electron chi connectivity index (χ3n) is 25.9. The lowest BCUT2D eigenvalue weighted by atomic mass is 9.61. The van der Waals surface area contributed by atoms with Crippen LogP contribution in [0.1, 0.15) is 11.7 Å². The average Bonchev–Trinajstić information content (AvgIpc) is 1.55. The van der Waals surface area contributed by atoms with Crippen molar-refractivity contribution >= 4 is 486 Å². The standard InChI is InChI=1S/C57H65B30N5S/c58-17-8(19(60)39(80)52-10(17)11-21(62)28(69)35(76)43(84)53(11)92(52)56-45(86)37(78)32(73)38(79)46(56)87)9-18(59)20(61)12-15-24(65)31(72)36(77)44(85)54(15)91(49(12)26(9)67)55-27(68)16(25(66)40(55)81)48-57-47(88-4-89-48)6-3-5(1-2-7(6)93-57)90-50-13(22(63)29(70)33(74)41(50)82)14-23(64)30(71)34(75)42(83)51(14)90/h1-4,55H,58-87H2. The van der Waals surface area contributed by atoms with E-state index in [0.29, 0.717) is 0 Å². The zero-order valence-electron chi connectivity index (χ0n) is 61.5. The summed E-state index contributed by atoms with van der Waals surface area (Å²) >= 11 is 1.84. The van der Waals surface area contributed by atoms with Crippen LogP contribution in [0.3, 0.4) is 0 Å². The van der Waals surface area contributed by atoms with Gasteiger partial charge in [-0.3, -0.25) is 0 Å². The number of aromatic nitrogens is 5. The highest BCUT2D eigenvalue weighted by atomic mass is 32.1. The van der Waals surface area contributed by atoms with Gasteiger partial charge in [-0.25, -0.2) is 9.97 Å². The SMILES string of the molecule is BC1=C(B)C(n2c3c(B)c(B)c(B)c(B)c3c3c(B)c(B)c(-c4c(B)c(B)c5c(c4B)c4c(B)c(B)c(B)c(B)c4n5-c4c(B)c(B)c(B)c(B)c4B)c(B)c32)C(B)=C1c1ncnc2c1sc1ccc(-n3c4c(B)c(B)c(B)c(B)c4c4c(B)c(B)c(B)c(B)c43)cc12. The first-order chi connectivity index (χ1) is 43.8. The van der Waals surface area contributed by atoms with E-state index < -0.39 is 0 Å². The van der Waals surface area contributed by atoms with E-state index >= 15 is 0 Å². The van der Waals surface area contributed by atoms with Crippen LogP contribution in [0.15, 0.2) is 40.9 Å². The Hall–Kier alpha value is -6.11. The summed E-state index contributed by atoms with van der Waals surface area (Å²) in [4.78, 5) is 10.6. The van der Waals surface area contributed by atoms with Crippen molar-refractivity contribution in [3.05, 3.63) is 46.6 Å². The molecule has 0 spiro atoms. The summed E-state index contributed by atoms with van der Waals surface area (Å²) < 4.78 is 10.5. The molecule has 0 N–H and O–H groups in total. The van der Waals surface area contributed by atoms with E-state index in [1.54, 1.807) is 0 Å². The smallest absolute Gasteiger partial charge is 0.142 e. The lowest BCUT2D eigenvalue weighted by Gasteiger charge is -2.27. The third kappa shape index (κ3) is 8.12. The van der Waals surface area contributed by atoms with E-state index in [-0.39, 0.29) is 6.04 Å². The number of nitrogens with zero attached hydrogens (tertiary/aromatic N) is 5. The van der Waals surface area contributed by atoms with Crippen LogP contribution in [0.25, 0.3) is 114 Å². The highest BCUT2D eigenvalue weighted by Gasteiger charge is 2.36. The van der Waals surface area contributed by atoms with Crippen LogP contribution in [-0.2, 0) is 0 Å². The molecule has 414 valence electrons. The van der Waals surface area contributed by atoms with Gasteiger partial charge in [0.15, 0.2) is 0 Å². The van der Waals surface area contributed by atoms with Gasteiger partial charge in [-0.1, -0.05) is 137 Å². The Bertz CT molecular complexity index is 5790. The molecule has 93 heavy (non-hydrogen) atoms. The summed E-state index contributed by atoms with van der Waals surface area (Å²) in [7, 11) is 71.0. The Labute approximate surface area is 579 Å². The van der Waals surface area contributed by atoms with Gasteiger partial charge in [-0.15, -0.1) is 38.7 Å². The maximum absolute atomic E-state index is 5.38. The van der Waals surface area contributed by atoms with Crippen molar-refractivity contribution in [2.75, 3.05) is 0 Å². The normalized spacial score (nSPS) is 13.8. The van der Waals surface area contributed by atoms with Gasteiger partial charge < -0.3 is 13.7 Å². The van der Waals surface area contributed by atoms with Crippen molar-refractivity contribution < 1.29 is 0 Å².